The van der Waals surface area contributed by atoms with E-state index in [4.69, 9.17) is 0 Å². The van der Waals surface area contributed by atoms with Gasteiger partial charge in [0.05, 0.1) is 11.4 Å². The van der Waals surface area contributed by atoms with Crippen LogP contribution in [0.1, 0.15) is 25.3 Å². The normalized spacial score (nSPS) is 16.5. The van der Waals surface area contributed by atoms with Crippen LogP contribution in [0.5, 0.6) is 0 Å². The molecule has 0 unspecified atom stereocenters. The van der Waals surface area contributed by atoms with Crippen LogP contribution in [0.3, 0.4) is 0 Å². The van der Waals surface area contributed by atoms with Gasteiger partial charge < -0.3 is 5.32 Å². The Morgan fingerprint density at radius 3 is 2.38 bits per heavy atom. The first-order chi connectivity index (χ1) is 12.5. The summed E-state index contributed by atoms with van der Waals surface area (Å²) >= 11 is 0. The summed E-state index contributed by atoms with van der Waals surface area (Å²) in [5, 5.41) is 2.88. The van der Waals surface area contributed by atoms with Crippen LogP contribution in [0, 0.1) is 0 Å². The van der Waals surface area contributed by atoms with Crippen molar-refractivity contribution < 1.29 is 13.2 Å². The highest BCUT2D eigenvalue weighted by Crippen LogP contribution is 2.25. The van der Waals surface area contributed by atoms with Gasteiger partial charge in [-0.1, -0.05) is 37.3 Å². The predicted octanol–water partition coefficient (Wildman–Crippen LogP) is 3.66. The molecule has 3 rings (SSSR count). The van der Waals surface area contributed by atoms with Gasteiger partial charge in [0, 0.05) is 17.8 Å². The lowest BCUT2D eigenvalue weighted by Gasteiger charge is -2.17. The zero-order chi connectivity index (χ0) is 18.6. The second-order valence-electron chi connectivity index (χ2n) is 6.18. The van der Waals surface area contributed by atoms with Crippen molar-refractivity contribution in [3.8, 4) is 0 Å². The topological polar surface area (TPSA) is 66.5 Å². The zero-order valence-electron chi connectivity index (χ0n) is 14.7. The summed E-state index contributed by atoms with van der Waals surface area (Å²) in [5.74, 6) is 0.0354. The molecule has 1 aliphatic heterocycles. The molecule has 136 valence electrons. The van der Waals surface area contributed by atoms with E-state index in [1.165, 1.54) is 4.31 Å². The number of rotatable bonds is 5. The number of carbonyl (C=O) groups excluding carboxylic acids is 1. The van der Waals surface area contributed by atoms with Crippen molar-refractivity contribution in [3.63, 3.8) is 0 Å². The van der Waals surface area contributed by atoms with E-state index in [9.17, 15) is 13.2 Å². The molecule has 0 aromatic heterocycles. The molecule has 1 aliphatic rings. The van der Waals surface area contributed by atoms with Crippen LogP contribution in [-0.4, -0.2) is 26.6 Å². The quantitative estimate of drug-likeness (QED) is 0.817. The van der Waals surface area contributed by atoms with Crippen molar-refractivity contribution in [2.45, 2.75) is 19.8 Å². The summed E-state index contributed by atoms with van der Waals surface area (Å²) in [6.07, 6.45) is 3.14. The van der Waals surface area contributed by atoms with Crippen LogP contribution in [0.25, 0.3) is 6.08 Å². The van der Waals surface area contributed by atoms with Crippen molar-refractivity contribution in [1.82, 2.24) is 0 Å². The summed E-state index contributed by atoms with van der Waals surface area (Å²) in [6, 6.07) is 16.6. The van der Waals surface area contributed by atoms with E-state index in [-0.39, 0.29) is 11.7 Å². The average molecular weight is 370 g/mol. The summed E-state index contributed by atoms with van der Waals surface area (Å²) in [7, 11) is -3.19. The monoisotopic (exact) mass is 370 g/mol. The van der Waals surface area contributed by atoms with Crippen LogP contribution in [-0.2, 0) is 14.8 Å². The molecule has 1 heterocycles. The minimum Gasteiger partial charge on any atom is -0.322 e. The first-order valence-electron chi connectivity index (χ1n) is 8.67. The molecule has 1 saturated heterocycles. The minimum atomic E-state index is -3.19. The second-order valence-corrected chi connectivity index (χ2v) is 8.19. The lowest BCUT2D eigenvalue weighted by Crippen LogP contribution is -2.25. The summed E-state index contributed by atoms with van der Waals surface area (Å²) in [4.78, 5) is 12.5. The summed E-state index contributed by atoms with van der Waals surface area (Å²) in [6.45, 7) is 2.45. The molecule has 6 heteroatoms. The van der Waals surface area contributed by atoms with Crippen LogP contribution >= 0.6 is 0 Å². The number of nitrogens with one attached hydrogen (secondary N) is 1. The van der Waals surface area contributed by atoms with Gasteiger partial charge in [-0.25, -0.2) is 8.42 Å². The lowest BCUT2D eigenvalue weighted by atomic mass is 10.1. The molecular weight excluding hydrogens is 348 g/mol. The van der Waals surface area contributed by atoms with Crippen LogP contribution in [0.4, 0.5) is 11.4 Å². The maximum atomic E-state index is 12.5. The highest BCUT2D eigenvalue weighted by Gasteiger charge is 2.28. The summed E-state index contributed by atoms with van der Waals surface area (Å²) in [5.41, 5.74) is 2.94. The van der Waals surface area contributed by atoms with Gasteiger partial charge in [0.1, 0.15) is 0 Å². The lowest BCUT2D eigenvalue weighted by molar-refractivity contribution is -0.112. The first kappa shape index (κ1) is 18.2. The van der Waals surface area contributed by atoms with Crippen molar-refractivity contribution in [3.05, 3.63) is 65.7 Å². The number of hydrogen-bond acceptors (Lipinski definition) is 3. The second kappa shape index (κ2) is 7.74. The van der Waals surface area contributed by atoms with Gasteiger partial charge in [0.25, 0.3) is 5.91 Å². The maximum Gasteiger partial charge on any atom is 0.251 e. The number of nitrogens with zero attached hydrogens (tertiary/aromatic N) is 1. The van der Waals surface area contributed by atoms with E-state index >= 15 is 0 Å². The van der Waals surface area contributed by atoms with Gasteiger partial charge in [0.2, 0.25) is 10.0 Å². The Balaban J connectivity index is 1.72. The predicted molar refractivity (Wildman–Crippen MR) is 106 cm³/mol. The molecule has 0 atom stereocenters. The number of carbonyl (C=O) groups is 1. The maximum absolute atomic E-state index is 12.5. The number of anilines is 2. The fraction of sp³-hybridized carbons (Fsp3) is 0.250. The number of amides is 1. The van der Waals surface area contributed by atoms with Crippen LogP contribution in [0.15, 0.2) is 60.2 Å². The molecule has 0 aliphatic carbocycles. The Hall–Kier alpha value is -2.60. The fourth-order valence-corrected chi connectivity index (χ4v) is 4.50. The Labute approximate surface area is 154 Å². The van der Waals surface area contributed by atoms with Gasteiger partial charge in [-0.2, -0.15) is 0 Å². The number of benzene rings is 2. The molecule has 2 aromatic rings. The third-order valence-electron chi connectivity index (χ3n) is 4.33. The third kappa shape index (κ3) is 4.14. The Morgan fingerprint density at radius 2 is 1.81 bits per heavy atom. The molecule has 0 bridgehead atoms. The van der Waals surface area contributed by atoms with E-state index < -0.39 is 10.0 Å². The van der Waals surface area contributed by atoms with Crippen LogP contribution < -0.4 is 9.62 Å². The highest BCUT2D eigenvalue weighted by molar-refractivity contribution is 7.93. The van der Waals surface area contributed by atoms with Gasteiger partial charge >= 0.3 is 0 Å². The number of hydrogen-bond donors (Lipinski definition) is 1. The van der Waals surface area contributed by atoms with Crippen molar-refractivity contribution in [2.75, 3.05) is 21.9 Å². The highest BCUT2D eigenvalue weighted by atomic mass is 32.2. The Morgan fingerprint density at radius 1 is 1.12 bits per heavy atom. The largest absolute Gasteiger partial charge is 0.322 e. The molecule has 5 nitrogen and oxygen atoms in total. The van der Waals surface area contributed by atoms with Crippen LogP contribution in [0.2, 0.25) is 0 Å². The van der Waals surface area contributed by atoms with Crippen molar-refractivity contribution >= 4 is 33.4 Å². The molecule has 1 N–H and O–H groups in total. The van der Waals surface area contributed by atoms with E-state index in [0.717, 1.165) is 5.56 Å². The van der Waals surface area contributed by atoms with E-state index in [2.05, 4.69) is 5.32 Å². The van der Waals surface area contributed by atoms with Crippen molar-refractivity contribution in [1.29, 1.82) is 0 Å². The van der Waals surface area contributed by atoms with E-state index in [0.29, 0.717) is 36.3 Å². The van der Waals surface area contributed by atoms with Gasteiger partial charge in [-0.3, -0.25) is 9.10 Å². The molecule has 0 spiro atoms. The van der Waals surface area contributed by atoms with E-state index in [1.807, 2.05) is 43.3 Å². The molecule has 1 amide bonds. The number of sulfonamides is 1. The van der Waals surface area contributed by atoms with Crippen molar-refractivity contribution in [2.24, 2.45) is 0 Å². The zero-order valence-corrected chi connectivity index (χ0v) is 15.5. The molecule has 26 heavy (non-hydrogen) atoms. The smallest absolute Gasteiger partial charge is 0.251 e. The standard InChI is InChI=1S/C20H22N2O3S/c1-2-17(15-16-7-4-3-5-8-16)20(23)21-18-9-11-19(12-10-18)22-13-6-14-26(22,24)25/h3-5,7-12,15H,2,6,13-14H2,1H3,(H,21,23)/b17-15+. The summed E-state index contributed by atoms with van der Waals surface area (Å²) < 4.78 is 25.4. The molecule has 2 aromatic carbocycles. The molecule has 0 radical (unpaired) electrons. The molecule has 1 fully saturated rings. The average Bonchev–Trinajstić information content (AvgIpc) is 3.00. The SMILES string of the molecule is CC/C(=C\c1ccccc1)C(=O)Nc1ccc(N2CCCS2(=O)=O)cc1. The Kier molecular flexibility index (Phi) is 5.42. The van der Waals surface area contributed by atoms with Gasteiger partial charge in [-0.15, -0.1) is 0 Å². The molecule has 0 saturated carbocycles. The first-order valence-corrected chi connectivity index (χ1v) is 10.3. The third-order valence-corrected chi connectivity index (χ3v) is 6.19. The molecular formula is C20H22N2O3S. The van der Waals surface area contributed by atoms with Gasteiger partial charge in [-0.05, 0) is 48.7 Å². The van der Waals surface area contributed by atoms with E-state index in [1.54, 1.807) is 24.3 Å². The Bertz CT molecular complexity index is 904. The minimum absolute atomic E-state index is 0.155. The van der Waals surface area contributed by atoms with Gasteiger partial charge in [0.15, 0.2) is 0 Å². The fourth-order valence-electron chi connectivity index (χ4n) is 2.93.